The van der Waals surface area contributed by atoms with E-state index in [4.69, 9.17) is 11.6 Å². The number of nitro groups is 1. The quantitative estimate of drug-likeness (QED) is 0.662. The lowest BCUT2D eigenvalue weighted by molar-refractivity contribution is -0.385. The summed E-state index contributed by atoms with van der Waals surface area (Å²) in [5.74, 6) is -0.345. The van der Waals surface area contributed by atoms with Gasteiger partial charge in [0, 0.05) is 36.8 Å². The van der Waals surface area contributed by atoms with Crippen LogP contribution in [-0.4, -0.2) is 41.4 Å². The van der Waals surface area contributed by atoms with Crippen molar-refractivity contribution in [2.45, 2.75) is 13.0 Å². The van der Waals surface area contributed by atoms with Crippen LogP contribution in [0.3, 0.4) is 0 Å². The molecule has 6 nitrogen and oxygen atoms in total. The first-order chi connectivity index (χ1) is 8.99. The van der Waals surface area contributed by atoms with E-state index < -0.39 is 4.92 Å². The Bertz CT molecular complexity index is 521. The summed E-state index contributed by atoms with van der Waals surface area (Å²) in [6.45, 7) is 3.71. The summed E-state index contributed by atoms with van der Waals surface area (Å²) in [6.07, 6.45) is 0. The van der Waals surface area contributed by atoms with Gasteiger partial charge in [-0.1, -0.05) is 11.6 Å². The van der Waals surface area contributed by atoms with Gasteiger partial charge in [-0.05, 0) is 19.1 Å². The fourth-order valence-corrected chi connectivity index (χ4v) is 2.30. The van der Waals surface area contributed by atoms with Gasteiger partial charge < -0.3 is 10.2 Å². The molecule has 1 aliphatic heterocycles. The number of rotatable bonds is 2. The van der Waals surface area contributed by atoms with Crippen LogP contribution >= 0.6 is 11.6 Å². The van der Waals surface area contributed by atoms with Crippen molar-refractivity contribution < 1.29 is 9.72 Å². The summed E-state index contributed by atoms with van der Waals surface area (Å²) < 4.78 is 0. The smallest absolute Gasteiger partial charge is 0.282 e. The Labute approximate surface area is 115 Å². The van der Waals surface area contributed by atoms with Gasteiger partial charge in [0.1, 0.15) is 5.56 Å². The number of nitro benzene ring substituents is 1. The molecule has 7 heteroatoms. The minimum atomic E-state index is -0.560. The Morgan fingerprint density at radius 1 is 1.58 bits per heavy atom. The molecule has 1 amide bonds. The molecule has 1 N–H and O–H groups in total. The first kappa shape index (κ1) is 13.8. The van der Waals surface area contributed by atoms with E-state index >= 15 is 0 Å². The van der Waals surface area contributed by atoms with Crippen LogP contribution in [0.5, 0.6) is 0 Å². The van der Waals surface area contributed by atoms with Gasteiger partial charge >= 0.3 is 0 Å². The van der Waals surface area contributed by atoms with Crippen molar-refractivity contribution in [3.8, 4) is 0 Å². The highest BCUT2D eigenvalue weighted by atomic mass is 35.5. The predicted octanol–water partition coefficient (Wildman–Crippen LogP) is 1.68. The van der Waals surface area contributed by atoms with Crippen molar-refractivity contribution in [2.75, 3.05) is 19.6 Å². The molecule has 0 saturated carbocycles. The lowest BCUT2D eigenvalue weighted by atomic mass is 10.1. The monoisotopic (exact) mass is 283 g/mol. The summed E-state index contributed by atoms with van der Waals surface area (Å²) in [5.41, 5.74) is -0.160. The summed E-state index contributed by atoms with van der Waals surface area (Å²) in [7, 11) is 0. The lowest BCUT2D eigenvalue weighted by Gasteiger charge is -2.31. The molecule has 1 aromatic rings. The zero-order valence-electron chi connectivity index (χ0n) is 10.4. The molecular formula is C12H14ClN3O3. The minimum Gasteiger partial charge on any atom is -0.336 e. The van der Waals surface area contributed by atoms with E-state index in [2.05, 4.69) is 5.32 Å². The van der Waals surface area contributed by atoms with Crippen LogP contribution in [0.1, 0.15) is 17.3 Å². The Kier molecular flexibility index (Phi) is 4.01. The summed E-state index contributed by atoms with van der Waals surface area (Å²) >= 11 is 5.83. The van der Waals surface area contributed by atoms with Crippen LogP contribution in [0.4, 0.5) is 5.69 Å². The van der Waals surface area contributed by atoms with Crippen molar-refractivity contribution in [2.24, 2.45) is 0 Å². The van der Waals surface area contributed by atoms with E-state index in [1.54, 1.807) is 4.90 Å². The van der Waals surface area contributed by atoms with Crippen LogP contribution in [0, 0.1) is 10.1 Å². The fourth-order valence-electron chi connectivity index (χ4n) is 2.13. The number of carbonyl (C=O) groups is 1. The van der Waals surface area contributed by atoms with Crippen LogP contribution in [0.2, 0.25) is 5.02 Å². The van der Waals surface area contributed by atoms with Gasteiger partial charge in [-0.25, -0.2) is 0 Å². The number of halogens is 1. The largest absolute Gasteiger partial charge is 0.336 e. The molecular weight excluding hydrogens is 270 g/mol. The van der Waals surface area contributed by atoms with Crippen molar-refractivity contribution in [1.82, 2.24) is 10.2 Å². The second-order valence-electron chi connectivity index (χ2n) is 4.52. The molecule has 102 valence electrons. The van der Waals surface area contributed by atoms with E-state index in [9.17, 15) is 14.9 Å². The molecule has 0 bridgehead atoms. The SMILES string of the molecule is C[C@@H]1CN(C(=O)c2cc(Cl)ccc2[N+](=O)[O-])CCN1. The number of piperazine rings is 1. The molecule has 1 saturated heterocycles. The van der Waals surface area contributed by atoms with Crippen molar-refractivity contribution in [1.29, 1.82) is 0 Å². The van der Waals surface area contributed by atoms with Gasteiger partial charge in [-0.2, -0.15) is 0 Å². The highest BCUT2D eigenvalue weighted by molar-refractivity contribution is 6.31. The summed E-state index contributed by atoms with van der Waals surface area (Å²) in [5, 5.41) is 14.5. The van der Waals surface area contributed by atoms with E-state index in [-0.39, 0.29) is 23.2 Å². The molecule has 0 unspecified atom stereocenters. The number of carbonyl (C=O) groups excluding carboxylic acids is 1. The number of benzene rings is 1. The van der Waals surface area contributed by atoms with Gasteiger partial charge in [0.25, 0.3) is 11.6 Å². The third-order valence-corrected chi connectivity index (χ3v) is 3.28. The molecule has 0 spiro atoms. The molecule has 0 aliphatic carbocycles. The van der Waals surface area contributed by atoms with E-state index in [0.717, 1.165) is 0 Å². The zero-order valence-corrected chi connectivity index (χ0v) is 11.2. The van der Waals surface area contributed by atoms with E-state index in [0.29, 0.717) is 24.7 Å². The van der Waals surface area contributed by atoms with E-state index in [1.165, 1.54) is 18.2 Å². The van der Waals surface area contributed by atoms with Crippen molar-refractivity contribution >= 4 is 23.2 Å². The third-order valence-electron chi connectivity index (χ3n) is 3.04. The highest BCUT2D eigenvalue weighted by Gasteiger charge is 2.27. The summed E-state index contributed by atoms with van der Waals surface area (Å²) in [6, 6.07) is 4.21. The average molecular weight is 284 g/mol. The molecule has 1 heterocycles. The molecule has 1 aliphatic rings. The maximum Gasteiger partial charge on any atom is 0.282 e. The van der Waals surface area contributed by atoms with Crippen LogP contribution in [0.15, 0.2) is 18.2 Å². The molecule has 1 aromatic carbocycles. The first-order valence-electron chi connectivity index (χ1n) is 5.95. The molecule has 0 aromatic heterocycles. The van der Waals surface area contributed by atoms with Gasteiger partial charge in [0.15, 0.2) is 0 Å². The van der Waals surface area contributed by atoms with Crippen LogP contribution in [0.25, 0.3) is 0 Å². The maximum atomic E-state index is 12.4. The Balaban J connectivity index is 2.32. The van der Waals surface area contributed by atoms with Gasteiger partial charge in [0.2, 0.25) is 0 Å². The molecule has 0 radical (unpaired) electrons. The predicted molar refractivity (Wildman–Crippen MR) is 71.5 cm³/mol. The molecule has 1 fully saturated rings. The minimum absolute atomic E-state index is 0.0478. The maximum absolute atomic E-state index is 12.4. The van der Waals surface area contributed by atoms with Crippen molar-refractivity contribution in [3.63, 3.8) is 0 Å². The van der Waals surface area contributed by atoms with E-state index in [1.807, 2.05) is 6.92 Å². The normalized spacial score (nSPS) is 19.3. The molecule has 19 heavy (non-hydrogen) atoms. The number of hydrogen-bond donors (Lipinski definition) is 1. The van der Waals surface area contributed by atoms with Gasteiger partial charge in [-0.15, -0.1) is 0 Å². The number of nitrogens with one attached hydrogen (secondary N) is 1. The number of amides is 1. The standard InChI is InChI=1S/C12H14ClN3O3/c1-8-7-15(5-4-14-8)12(17)10-6-9(13)2-3-11(10)16(18)19/h2-3,6,8,14H,4-5,7H2,1H3/t8-/m1/s1. The second kappa shape index (κ2) is 5.54. The third kappa shape index (κ3) is 3.02. The number of hydrogen-bond acceptors (Lipinski definition) is 4. The zero-order chi connectivity index (χ0) is 14.0. The number of nitrogens with zero attached hydrogens (tertiary/aromatic N) is 2. The molecule has 1 atom stereocenters. The summed E-state index contributed by atoms with van der Waals surface area (Å²) in [4.78, 5) is 24.4. The fraction of sp³-hybridized carbons (Fsp3) is 0.417. The average Bonchev–Trinajstić information content (AvgIpc) is 2.37. The Morgan fingerprint density at radius 3 is 2.95 bits per heavy atom. The van der Waals surface area contributed by atoms with Gasteiger partial charge in [-0.3, -0.25) is 14.9 Å². The van der Waals surface area contributed by atoms with Crippen molar-refractivity contribution in [3.05, 3.63) is 38.9 Å². The topological polar surface area (TPSA) is 75.5 Å². The first-order valence-corrected chi connectivity index (χ1v) is 6.33. The highest BCUT2D eigenvalue weighted by Crippen LogP contribution is 2.24. The Morgan fingerprint density at radius 2 is 2.32 bits per heavy atom. The van der Waals surface area contributed by atoms with Crippen LogP contribution in [-0.2, 0) is 0 Å². The van der Waals surface area contributed by atoms with Crippen LogP contribution < -0.4 is 5.32 Å². The lowest BCUT2D eigenvalue weighted by Crippen LogP contribution is -2.51. The second-order valence-corrected chi connectivity index (χ2v) is 4.96. The Hall–Kier alpha value is -1.66. The van der Waals surface area contributed by atoms with Gasteiger partial charge in [0.05, 0.1) is 4.92 Å². The molecule has 2 rings (SSSR count).